The first-order chi connectivity index (χ1) is 14.8. The molecule has 0 atom stereocenters. The number of halogens is 3. The van der Waals surface area contributed by atoms with E-state index in [4.69, 9.17) is 44.3 Å². The Labute approximate surface area is 194 Å². The minimum atomic E-state index is -0.378. The Bertz CT molecular complexity index is 1080. The Morgan fingerprint density at radius 3 is 2.13 bits per heavy atom. The van der Waals surface area contributed by atoms with Gasteiger partial charge in [0.05, 0.1) is 12.1 Å². The van der Waals surface area contributed by atoms with Gasteiger partial charge in [0.1, 0.15) is 11.5 Å². The summed E-state index contributed by atoms with van der Waals surface area (Å²) in [7, 11) is 1.51. The van der Waals surface area contributed by atoms with Gasteiger partial charge in [0, 0.05) is 27.0 Å². The lowest BCUT2D eigenvalue weighted by Gasteiger charge is -2.10. The molecule has 31 heavy (non-hydrogen) atoms. The molecule has 0 radical (unpaired) electrons. The SMILES string of the molecule is COc1ccc(NC(=O)c2ccc(OCC(=O)Nc3cc(Cl)cc(Cl)c3)cc2)cc1Cl. The highest BCUT2D eigenvalue weighted by atomic mass is 35.5. The molecule has 0 bridgehead atoms. The number of carbonyl (C=O) groups is 2. The molecule has 6 nitrogen and oxygen atoms in total. The average molecular weight is 480 g/mol. The first kappa shape index (κ1) is 22.7. The maximum absolute atomic E-state index is 12.4. The maximum atomic E-state index is 12.4. The van der Waals surface area contributed by atoms with Crippen molar-refractivity contribution in [2.45, 2.75) is 0 Å². The van der Waals surface area contributed by atoms with Gasteiger partial charge in [-0.2, -0.15) is 0 Å². The fraction of sp³-hybridized carbons (Fsp3) is 0.0909. The smallest absolute Gasteiger partial charge is 0.262 e. The lowest BCUT2D eigenvalue weighted by molar-refractivity contribution is -0.118. The summed E-state index contributed by atoms with van der Waals surface area (Å²) >= 11 is 17.9. The van der Waals surface area contributed by atoms with Crippen LogP contribution in [0.4, 0.5) is 11.4 Å². The second kappa shape index (κ2) is 10.4. The number of ether oxygens (including phenoxy) is 2. The number of hydrogen-bond acceptors (Lipinski definition) is 4. The average Bonchev–Trinajstić information content (AvgIpc) is 2.72. The van der Waals surface area contributed by atoms with Crippen LogP contribution in [0.1, 0.15) is 10.4 Å². The number of rotatable bonds is 7. The fourth-order valence-electron chi connectivity index (χ4n) is 2.62. The maximum Gasteiger partial charge on any atom is 0.262 e. The molecule has 0 aliphatic carbocycles. The van der Waals surface area contributed by atoms with Gasteiger partial charge in [-0.25, -0.2) is 0 Å². The van der Waals surface area contributed by atoms with Crippen molar-refractivity contribution in [1.82, 2.24) is 0 Å². The Morgan fingerprint density at radius 2 is 1.52 bits per heavy atom. The minimum Gasteiger partial charge on any atom is -0.495 e. The first-order valence-corrected chi connectivity index (χ1v) is 10.1. The summed E-state index contributed by atoms with van der Waals surface area (Å²) in [5, 5.41) is 6.61. The number of benzene rings is 3. The Kier molecular flexibility index (Phi) is 7.63. The molecular weight excluding hydrogens is 463 g/mol. The molecule has 0 aliphatic rings. The molecule has 0 fully saturated rings. The standard InChI is InChI=1S/C22H17Cl3N2O4/c1-30-20-7-4-16(11-19(20)25)27-22(29)13-2-5-18(6-3-13)31-12-21(28)26-17-9-14(23)8-15(24)10-17/h2-11H,12H2,1H3,(H,26,28)(H,27,29). The van der Waals surface area contributed by atoms with E-state index in [2.05, 4.69) is 10.6 Å². The second-order valence-electron chi connectivity index (χ2n) is 6.32. The van der Waals surface area contributed by atoms with Crippen LogP contribution in [0.25, 0.3) is 0 Å². The molecule has 0 unspecified atom stereocenters. The van der Waals surface area contributed by atoms with Crippen LogP contribution in [0.3, 0.4) is 0 Å². The second-order valence-corrected chi connectivity index (χ2v) is 7.60. The zero-order chi connectivity index (χ0) is 22.4. The summed E-state index contributed by atoms with van der Waals surface area (Å²) in [4.78, 5) is 24.5. The lowest BCUT2D eigenvalue weighted by atomic mass is 10.2. The van der Waals surface area contributed by atoms with E-state index in [1.807, 2.05) is 0 Å². The molecule has 2 N–H and O–H groups in total. The largest absolute Gasteiger partial charge is 0.495 e. The van der Waals surface area contributed by atoms with Crippen molar-refractivity contribution in [2.75, 3.05) is 24.4 Å². The number of methoxy groups -OCH3 is 1. The van der Waals surface area contributed by atoms with Crippen molar-refractivity contribution in [3.63, 3.8) is 0 Å². The van der Waals surface area contributed by atoms with E-state index in [1.54, 1.807) is 60.7 Å². The summed E-state index contributed by atoms with van der Waals surface area (Å²) in [6.07, 6.45) is 0. The number of nitrogens with one attached hydrogen (secondary N) is 2. The third kappa shape index (κ3) is 6.52. The van der Waals surface area contributed by atoms with Crippen LogP contribution >= 0.6 is 34.8 Å². The fourth-order valence-corrected chi connectivity index (χ4v) is 3.41. The van der Waals surface area contributed by atoms with Gasteiger partial charge in [-0.3, -0.25) is 9.59 Å². The summed E-state index contributed by atoms with van der Waals surface area (Å²) in [5.41, 5.74) is 1.42. The summed E-state index contributed by atoms with van der Waals surface area (Å²) in [6.45, 7) is -0.222. The molecule has 0 spiro atoms. The first-order valence-electron chi connectivity index (χ1n) is 8.98. The molecule has 0 saturated carbocycles. The number of amides is 2. The molecule has 0 aromatic heterocycles. The molecular formula is C22H17Cl3N2O4. The van der Waals surface area contributed by atoms with Crippen molar-refractivity contribution in [1.29, 1.82) is 0 Å². The van der Waals surface area contributed by atoms with Gasteiger partial charge in [0.15, 0.2) is 6.61 Å². The Morgan fingerprint density at radius 1 is 0.839 bits per heavy atom. The number of carbonyl (C=O) groups excluding carboxylic acids is 2. The topological polar surface area (TPSA) is 76.7 Å². The highest BCUT2D eigenvalue weighted by Crippen LogP contribution is 2.27. The van der Waals surface area contributed by atoms with Crippen LogP contribution < -0.4 is 20.1 Å². The van der Waals surface area contributed by atoms with E-state index in [9.17, 15) is 9.59 Å². The van der Waals surface area contributed by atoms with E-state index in [0.29, 0.717) is 43.5 Å². The van der Waals surface area contributed by atoms with Crippen molar-refractivity contribution in [2.24, 2.45) is 0 Å². The highest BCUT2D eigenvalue weighted by Gasteiger charge is 2.10. The van der Waals surface area contributed by atoms with Crippen LogP contribution in [0.5, 0.6) is 11.5 Å². The lowest BCUT2D eigenvalue weighted by Crippen LogP contribution is -2.20. The van der Waals surface area contributed by atoms with Crippen molar-refractivity contribution in [3.8, 4) is 11.5 Å². The quantitative estimate of drug-likeness (QED) is 0.441. The molecule has 0 aliphatic heterocycles. The molecule has 0 heterocycles. The van der Waals surface area contributed by atoms with Gasteiger partial charge in [-0.05, 0) is 60.7 Å². The van der Waals surface area contributed by atoms with Gasteiger partial charge in [-0.15, -0.1) is 0 Å². The van der Waals surface area contributed by atoms with Gasteiger partial charge in [-0.1, -0.05) is 34.8 Å². The predicted octanol–water partition coefficient (Wildman–Crippen LogP) is 5.93. The Balaban J connectivity index is 1.54. The number of hydrogen-bond donors (Lipinski definition) is 2. The summed E-state index contributed by atoms with van der Waals surface area (Å²) < 4.78 is 10.5. The zero-order valence-electron chi connectivity index (χ0n) is 16.2. The number of anilines is 2. The predicted molar refractivity (Wildman–Crippen MR) is 123 cm³/mol. The van der Waals surface area contributed by atoms with Crippen LogP contribution in [-0.4, -0.2) is 25.5 Å². The molecule has 0 saturated heterocycles. The molecule has 160 valence electrons. The molecule has 9 heteroatoms. The van der Waals surface area contributed by atoms with Crippen molar-refractivity contribution in [3.05, 3.63) is 81.3 Å². The molecule has 3 aromatic carbocycles. The molecule has 3 aromatic rings. The summed E-state index contributed by atoms with van der Waals surface area (Å²) in [5.74, 6) is 0.256. The third-order valence-corrected chi connectivity index (χ3v) is 4.77. The highest BCUT2D eigenvalue weighted by molar-refractivity contribution is 6.35. The van der Waals surface area contributed by atoms with Crippen LogP contribution in [0.15, 0.2) is 60.7 Å². The van der Waals surface area contributed by atoms with Crippen LogP contribution in [0, 0.1) is 0 Å². The van der Waals surface area contributed by atoms with Crippen molar-refractivity contribution < 1.29 is 19.1 Å². The van der Waals surface area contributed by atoms with Gasteiger partial charge in [0.2, 0.25) is 0 Å². The van der Waals surface area contributed by atoms with Crippen LogP contribution in [-0.2, 0) is 4.79 Å². The minimum absolute atomic E-state index is 0.222. The monoisotopic (exact) mass is 478 g/mol. The van der Waals surface area contributed by atoms with E-state index < -0.39 is 0 Å². The van der Waals surface area contributed by atoms with Gasteiger partial charge < -0.3 is 20.1 Å². The Hall–Kier alpha value is -2.93. The third-order valence-electron chi connectivity index (χ3n) is 4.04. The van der Waals surface area contributed by atoms with E-state index in [-0.39, 0.29) is 18.4 Å². The van der Waals surface area contributed by atoms with Crippen molar-refractivity contribution >= 4 is 58.0 Å². The normalized spacial score (nSPS) is 10.3. The summed E-state index contributed by atoms with van der Waals surface area (Å²) in [6, 6.07) is 16.0. The zero-order valence-corrected chi connectivity index (χ0v) is 18.5. The van der Waals surface area contributed by atoms with Gasteiger partial charge >= 0.3 is 0 Å². The molecule has 2 amide bonds. The van der Waals surface area contributed by atoms with E-state index in [1.165, 1.54) is 7.11 Å². The van der Waals surface area contributed by atoms with E-state index in [0.717, 1.165) is 0 Å². The van der Waals surface area contributed by atoms with E-state index >= 15 is 0 Å². The molecule has 3 rings (SSSR count). The van der Waals surface area contributed by atoms with Gasteiger partial charge in [0.25, 0.3) is 11.8 Å². The van der Waals surface area contributed by atoms with Crippen LogP contribution in [0.2, 0.25) is 15.1 Å².